The lowest BCUT2D eigenvalue weighted by molar-refractivity contribution is -0.143. The van der Waals surface area contributed by atoms with Gasteiger partial charge in [0.05, 0.1) is 6.61 Å². The van der Waals surface area contributed by atoms with Crippen molar-refractivity contribution in [3.63, 3.8) is 0 Å². The molecule has 88 valence electrons. The Morgan fingerprint density at radius 2 is 2.00 bits per heavy atom. The molecule has 0 aromatic heterocycles. The number of benzene rings is 1. The summed E-state index contributed by atoms with van der Waals surface area (Å²) in [5.41, 5.74) is 0.741. The number of aliphatic hydroxyl groups excluding tert-OH is 1. The fourth-order valence-electron chi connectivity index (χ4n) is 1.74. The number of hydrogen-bond acceptors (Lipinski definition) is 3. The maximum Gasteiger partial charge on any atom is 0.325 e. The number of aliphatic hydroxyl groups is 1. The zero-order chi connectivity index (χ0) is 12.0. The molecule has 0 saturated carbocycles. The Morgan fingerprint density at radius 3 is 2.44 bits per heavy atom. The van der Waals surface area contributed by atoms with Crippen LogP contribution in [0.2, 0.25) is 0 Å². The van der Waals surface area contributed by atoms with Crippen LogP contribution in [0.4, 0.5) is 0 Å². The summed E-state index contributed by atoms with van der Waals surface area (Å²) in [6, 6.07) is 8.39. The summed E-state index contributed by atoms with van der Waals surface area (Å²) >= 11 is 0. The van der Waals surface area contributed by atoms with Crippen LogP contribution >= 0.6 is 0 Å². The molecule has 1 aromatic rings. The molecule has 0 amide bonds. The maximum atomic E-state index is 11.3. The van der Waals surface area contributed by atoms with Gasteiger partial charge in [0.15, 0.2) is 0 Å². The van der Waals surface area contributed by atoms with Crippen molar-refractivity contribution in [1.82, 2.24) is 4.90 Å². The van der Waals surface area contributed by atoms with E-state index in [1.165, 1.54) is 0 Å². The van der Waals surface area contributed by atoms with Gasteiger partial charge in [-0.2, -0.15) is 0 Å². The van der Waals surface area contributed by atoms with E-state index in [9.17, 15) is 9.90 Å². The minimum atomic E-state index is -0.887. The minimum absolute atomic E-state index is 0.0372. The van der Waals surface area contributed by atoms with Crippen LogP contribution in [0.1, 0.15) is 18.5 Å². The van der Waals surface area contributed by atoms with Crippen LogP contribution < -0.4 is 0 Å². The van der Waals surface area contributed by atoms with Crippen molar-refractivity contribution in [2.75, 3.05) is 19.7 Å². The molecule has 0 unspecified atom stereocenters. The highest BCUT2D eigenvalue weighted by Gasteiger charge is 2.25. The first kappa shape index (κ1) is 12.7. The Bertz CT molecular complexity index is 326. The molecule has 0 bridgehead atoms. The van der Waals surface area contributed by atoms with Gasteiger partial charge in [-0.1, -0.05) is 37.3 Å². The highest BCUT2D eigenvalue weighted by Crippen LogP contribution is 2.20. The lowest BCUT2D eigenvalue weighted by Crippen LogP contribution is -2.36. The molecule has 0 fully saturated rings. The Morgan fingerprint density at radius 1 is 1.38 bits per heavy atom. The predicted molar refractivity (Wildman–Crippen MR) is 61.2 cm³/mol. The molecule has 0 heterocycles. The average Bonchev–Trinajstić information content (AvgIpc) is 2.29. The number of carboxylic acid groups (broad SMARTS) is 1. The smallest absolute Gasteiger partial charge is 0.325 e. The summed E-state index contributed by atoms with van der Waals surface area (Å²) < 4.78 is 0. The molecule has 4 heteroatoms. The van der Waals surface area contributed by atoms with E-state index in [4.69, 9.17) is 5.11 Å². The molecule has 1 rings (SSSR count). The van der Waals surface area contributed by atoms with Gasteiger partial charge in [0.2, 0.25) is 0 Å². The van der Waals surface area contributed by atoms with Crippen LogP contribution in [0.15, 0.2) is 30.3 Å². The topological polar surface area (TPSA) is 60.8 Å². The first-order valence-corrected chi connectivity index (χ1v) is 5.33. The summed E-state index contributed by atoms with van der Waals surface area (Å²) in [5.74, 6) is -0.887. The lowest BCUT2D eigenvalue weighted by Gasteiger charge is -2.27. The third kappa shape index (κ3) is 3.05. The largest absolute Gasteiger partial charge is 0.480 e. The van der Waals surface area contributed by atoms with Gasteiger partial charge < -0.3 is 10.2 Å². The zero-order valence-corrected chi connectivity index (χ0v) is 9.34. The van der Waals surface area contributed by atoms with Gasteiger partial charge in [0.1, 0.15) is 6.04 Å². The lowest BCUT2D eigenvalue weighted by atomic mass is 10.1. The van der Waals surface area contributed by atoms with E-state index in [0.717, 1.165) is 5.56 Å². The van der Waals surface area contributed by atoms with Crippen molar-refractivity contribution in [1.29, 1.82) is 0 Å². The molecule has 0 aliphatic rings. The van der Waals surface area contributed by atoms with E-state index in [1.54, 1.807) is 17.0 Å². The first-order chi connectivity index (χ1) is 7.70. The third-order valence-electron chi connectivity index (χ3n) is 2.51. The Balaban J connectivity index is 2.94. The quantitative estimate of drug-likeness (QED) is 0.759. The first-order valence-electron chi connectivity index (χ1n) is 5.33. The Kier molecular flexibility index (Phi) is 4.95. The van der Waals surface area contributed by atoms with Crippen molar-refractivity contribution < 1.29 is 15.0 Å². The van der Waals surface area contributed by atoms with Gasteiger partial charge in [-0.05, 0) is 12.1 Å². The molecule has 1 atom stereocenters. The highest BCUT2D eigenvalue weighted by atomic mass is 16.4. The maximum absolute atomic E-state index is 11.3. The summed E-state index contributed by atoms with van der Waals surface area (Å²) in [6.07, 6.45) is 0. The molecule has 4 nitrogen and oxygen atoms in total. The Labute approximate surface area is 95.1 Å². The van der Waals surface area contributed by atoms with Crippen LogP contribution in [0, 0.1) is 0 Å². The van der Waals surface area contributed by atoms with Gasteiger partial charge in [-0.25, -0.2) is 0 Å². The van der Waals surface area contributed by atoms with Crippen LogP contribution in [0.3, 0.4) is 0 Å². The van der Waals surface area contributed by atoms with Crippen molar-refractivity contribution in [3.8, 4) is 0 Å². The molecular weight excluding hydrogens is 206 g/mol. The van der Waals surface area contributed by atoms with Crippen molar-refractivity contribution in [2.24, 2.45) is 0 Å². The van der Waals surface area contributed by atoms with Gasteiger partial charge in [0.25, 0.3) is 0 Å². The van der Waals surface area contributed by atoms with Crippen LogP contribution in [-0.4, -0.2) is 40.8 Å². The summed E-state index contributed by atoms with van der Waals surface area (Å²) in [4.78, 5) is 13.0. The highest BCUT2D eigenvalue weighted by molar-refractivity contribution is 5.75. The molecule has 1 aromatic carbocycles. The van der Waals surface area contributed by atoms with Gasteiger partial charge in [0, 0.05) is 6.54 Å². The van der Waals surface area contributed by atoms with Crippen molar-refractivity contribution in [3.05, 3.63) is 35.9 Å². The number of carboxylic acids is 1. The molecule has 2 N–H and O–H groups in total. The second-order valence-electron chi connectivity index (χ2n) is 3.50. The molecule has 0 spiro atoms. The molecule has 0 radical (unpaired) electrons. The third-order valence-corrected chi connectivity index (χ3v) is 2.51. The zero-order valence-electron chi connectivity index (χ0n) is 9.34. The van der Waals surface area contributed by atoms with Crippen LogP contribution in [0.5, 0.6) is 0 Å². The number of hydrogen-bond donors (Lipinski definition) is 2. The standard InChI is InChI=1S/C12H17NO3/c1-2-13(8-9-14)11(12(15)16)10-6-4-3-5-7-10/h3-7,11,14H,2,8-9H2,1H3,(H,15,16)/t11-/m1/s1. The molecule has 0 saturated heterocycles. The second-order valence-corrected chi connectivity index (χ2v) is 3.50. The monoisotopic (exact) mass is 223 g/mol. The summed E-state index contributed by atoms with van der Waals surface area (Å²) in [6.45, 7) is 2.80. The van der Waals surface area contributed by atoms with Crippen LogP contribution in [0.25, 0.3) is 0 Å². The SMILES string of the molecule is CCN(CCO)[C@@H](C(=O)O)c1ccccc1. The van der Waals surface area contributed by atoms with E-state index in [0.29, 0.717) is 13.1 Å². The van der Waals surface area contributed by atoms with E-state index >= 15 is 0 Å². The minimum Gasteiger partial charge on any atom is -0.480 e. The fraction of sp³-hybridized carbons (Fsp3) is 0.417. The van der Waals surface area contributed by atoms with E-state index in [-0.39, 0.29) is 6.61 Å². The summed E-state index contributed by atoms with van der Waals surface area (Å²) in [5, 5.41) is 18.1. The second kappa shape index (κ2) is 6.25. The molecule has 0 aliphatic carbocycles. The number of nitrogens with zero attached hydrogens (tertiary/aromatic N) is 1. The number of likely N-dealkylation sites (N-methyl/N-ethyl adjacent to an activating group) is 1. The van der Waals surface area contributed by atoms with E-state index < -0.39 is 12.0 Å². The normalized spacial score (nSPS) is 12.7. The summed E-state index contributed by atoms with van der Waals surface area (Å²) in [7, 11) is 0. The Hall–Kier alpha value is -1.39. The number of rotatable bonds is 6. The fourth-order valence-corrected chi connectivity index (χ4v) is 1.74. The van der Waals surface area contributed by atoms with Crippen molar-refractivity contribution in [2.45, 2.75) is 13.0 Å². The molecule has 16 heavy (non-hydrogen) atoms. The van der Waals surface area contributed by atoms with Gasteiger partial charge >= 0.3 is 5.97 Å². The molecule has 0 aliphatic heterocycles. The average molecular weight is 223 g/mol. The van der Waals surface area contributed by atoms with Gasteiger partial charge in [-0.3, -0.25) is 9.69 Å². The van der Waals surface area contributed by atoms with Crippen LogP contribution in [-0.2, 0) is 4.79 Å². The van der Waals surface area contributed by atoms with E-state index in [1.807, 2.05) is 25.1 Å². The predicted octanol–water partition coefficient (Wildman–Crippen LogP) is 1.13. The number of carbonyl (C=O) groups is 1. The van der Waals surface area contributed by atoms with Gasteiger partial charge in [-0.15, -0.1) is 0 Å². The van der Waals surface area contributed by atoms with Crippen molar-refractivity contribution >= 4 is 5.97 Å². The number of aliphatic carboxylic acids is 1. The van der Waals surface area contributed by atoms with E-state index in [2.05, 4.69) is 0 Å². The molecular formula is C12H17NO3.